The normalized spacial score (nSPS) is 21.6. The number of rotatable bonds is 5. The highest BCUT2D eigenvalue weighted by Crippen LogP contribution is 2.24. The van der Waals surface area contributed by atoms with E-state index in [1.807, 2.05) is 31.2 Å². The van der Waals surface area contributed by atoms with Crippen molar-refractivity contribution in [2.75, 3.05) is 13.1 Å². The van der Waals surface area contributed by atoms with Crippen LogP contribution in [0.25, 0.3) is 0 Å². The summed E-state index contributed by atoms with van der Waals surface area (Å²) >= 11 is 6.17. The van der Waals surface area contributed by atoms with E-state index in [4.69, 9.17) is 11.6 Å². The zero-order valence-electron chi connectivity index (χ0n) is 12.9. The SMILES string of the molecule is CC(CC(=O)N[C@H](C)c1ccccc1Cl)C1CCCNC1. The van der Waals surface area contributed by atoms with Crippen LogP contribution in [0, 0.1) is 11.8 Å². The Morgan fingerprint density at radius 1 is 1.43 bits per heavy atom. The molecule has 1 fully saturated rings. The molecule has 1 saturated heterocycles. The van der Waals surface area contributed by atoms with Crippen LogP contribution in [0.4, 0.5) is 0 Å². The third-order valence-electron chi connectivity index (χ3n) is 4.40. The summed E-state index contributed by atoms with van der Waals surface area (Å²) in [7, 11) is 0. The Kier molecular flexibility index (Phi) is 6.07. The van der Waals surface area contributed by atoms with Gasteiger partial charge in [-0.05, 0) is 56.3 Å². The van der Waals surface area contributed by atoms with E-state index in [0.29, 0.717) is 23.3 Å². The first-order chi connectivity index (χ1) is 10.1. The highest BCUT2D eigenvalue weighted by molar-refractivity contribution is 6.31. The van der Waals surface area contributed by atoms with Gasteiger partial charge >= 0.3 is 0 Å². The van der Waals surface area contributed by atoms with Gasteiger partial charge in [-0.3, -0.25) is 4.79 Å². The fourth-order valence-electron chi connectivity index (χ4n) is 3.03. The molecule has 1 amide bonds. The molecule has 2 rings (SSSR count). The Morgan fingerprint density at radius 3 is 2.86 bits per heavy atom. The molecule has 1 aliphatic heterocycles. The predicted octanol–water partition coefficient (Wildman–Crippen LogP) is 3.54. The first-order valence-electron chi connectivity index (χ1n) is 7.82. The first-order valence-corrected chi connectivity index (χ1v) is 8.20. The van der Waals surface area contributed by atoms with E-state index in [-0.39, 0.29) is 11.9 Å². The summed E-state index contributed by atoms with van der Waals surface area (Å²) in [6.07, 6.45) is 3.02. The lowest BCUT2D eigenvalue weighted by Crippen LogP contribution is -2.36. The smallest absolute Gasteiger partial charge is 0.220 e. The largest absolute Gasteiger partial charge is 0.350 e. The van der Waals surface area contributed by atoms with Crippen molar-refractivity contribution in [2.45, 2.75) is 39.2 Å². The van der Waals surface area contributed by atoms with Crippen molar-refractivity contribution in [1.82, 2.24) is 10.6 Å². The molecule has 0 radical (unpaired) electrons. The van der Waals surface area contributed by atoms with Crippen LogP contribution in [0.3, 0.4) is 0 Å². The molecule has 3 atom stereocenters. The van der Waals surface area contributed by atoms with Gasteiger partial charge < -0.3 is 10.6 Å². The molecular formula is C17H25ClN2O. The van der Waals surface area contributed by atoms with Gasteiger partial charge in [0.25, 0.3) is 0 Å². The summed E-state index contributed by atoms with van der Waals surface area (Å²) < 4.78 is 0. The maximum atomic E-state index is 12.2. The van der Waals surface area contributed by atoms with Crippen molar-refractivity contribution >= 4 is 17.5 Å². The Labute approximate surface area is 132 Å². The molecular weight excluding hydrogens is 284 g/mol. The van der Waals surface area contributed by atoms with Crippen molar-refractivity contribution in [3.8, 4) is 0 Å². The van der Waals surface area contributed by atoms with Gasteiger partial charge in [-0.2, -0.15) is 0 Å². The molecule has 116 valence electrons. The average Bonchev–Trinajstić information content (AvgIpc) is 2.48. The fraction of sp³-hybridized carbons (Fsp3) is 0.588. The highest BCUT2D eigenvalue weighted by Gasteiger charge is 2.22. The topological polar surface area (TPSA) is 41.1 Å². The number of benzene rings is 1. The van der Waals surface area contributed by atoms with Crippen LogP contribution in [0.15, 0.2) is 24.3 Å². The van der Waals surface area contributed by atoms with Crippen molar-refractivity contribution in [3.05, 3.63) is 34.9 Å². The summed E-state index contributed by atoms with van der Waals surface area (Å²) in [5, 5.41) is 7.18. The quantitative estimate of drug-likeness (QED) is 0.873. The molecule has 1 aliphatic rings. The minimum Gasteiger partial charge on any atom is -0.350 e. The number of halogens is 1. The molecule has 1 aromatic carbocycles. The zero-order chi connectivity index (χ0) is 15.2. The number of nitrogens with one attached hydrogen (secondary N) is 2. The number of hydrogen-bond acceptors (Lipinski definition) is 2. The second-order valence-corrected chi connectivity index (χ2v) is 6.51. The molecule has 3 nitrogen and oxygen atoms in total. The van der Waals surface area contributed by atoms with Crippen molar-refractivity contribution in [3.63, 3.8) is 0 Å². The van der Waals surface area contributed by atoms with Gasteiger partial charge in [-0.1, -0.05) is 36.7 Å². The lowest BCUT2D eigenvalue weighted by molar-refractivity contribution is -0.123. The minimum atomic E-state index is -0.0529. The van der Waals surface area contributed by atoms with E-state index in [1.165, 1.54) is 12.8 Å². The molecule has 0 spiro atoms. The molecule has 0 saturated carbocycles. The standard InChI is InChI=1S/C17H25ClN2O/c1-12(14-6-5-9-19-11-14)10-17(21)20-13(2)15-7-3-4-8-16(15)18/h3-4,7-8,12-14,19H,5-6,9-11H2,1-2H3,(H,20,21)/t12?,13-,14?/m1/s1. The minimum absolute atomic E-state index is 0.0529. The van der Waals surface area contributed by atoms with Gasteiger partial charge in [0.05, 0.1) is 6.04 Å². The number of hydrogen-bond donors (Lipinski definition) is 2. The molecule has 0 aliphatic carbocycles. The summed E-state index contributed by atoms with van der Waals surface area (Å²) in [4.78, 5) is 12.2. The van der Waals surface area contributed by atoms with E-state index in [1.54, 1.807) is 0 Å². The van der Waals surface area contributed by atoms with Crippen LogP contribution < -0.4 is 10.6 Å². The summed E-state index contributed by atoms with van der Waals surface area (Å²) in [5.41, 5.74) is 0.972. The van der Waals surface area contributed by atoms with Crippen LogP contribution in [0.1, 0.15) is 44.7 Å². The van der Waals surface area contributed by atoms with Gasteiger partial charge in [0.1, 0.15) is 0 Å². The van der Waals surface area contributed by atoms with Gasteiger partial charge in [0.2, 0.25) is 5.91 Å². The van der Waals surface area contributed by atoms with Crippen LogP contribution in [0.2, 0.25) is 5.02 Å². The van der Waals surface area contributed by atoms with Crippen LogP contribution >= 0.6 is 11.6 Å². The van der Waals surface area contributed by atoms with Crippen LogP contribution in [0.5, 0.6) is 0 Å². The summed E-state index contributed by atoms with van der Waals surface area (Å²) in [6.45, 7) is 6.30. The van der Waals surface area contributed by atoms with Gasteiger partial charge in [-0.25, -0.2) is 0 Å². The molecule has 2 N–H and O–H groups in total. The van der Waals surface area contributed by atoms with Gasteiger partial charge in [0.15, 0.2) is 0 Å². The molecule has 21 heavy (non-hydrogen) atoms. The molecule has 1 heterocycles. The molecule has 0 aromatic heterocycles. The highest BCUT2D eigenvalue weighted by atomic mass is 35.5. The van der Waals surface area contributed by atoms with Crippen LogP contribution in [-0.4, -0.2) is 19.0 Å². The van der Waals surface area contributed by atoms with E-state index in [2.05, 4.69) is 17.6 Å². The predicted molar refractivity (Wildman–Crippen MR) is 87.4 cm³/mol. The average molecular weight is 309 g/mol. The number of carbonyl (C=O) groups excluding carboxylic acids is 1. The number of amides is 1. The second kappa shape index (κ2) is 7.81. The first kappa shape index (κ1) is 16.3. The van der Waals surface area contributed by atoms with Gasteiger partial charge in [0, 0.05) is 11.4 Å². The number of carbonyl (C=O) groups is 1. The van der Waals surface area contributed by atoms with E-state index >= 15 is 0 Å². The van der Waals surface area contributed by atoms with E-state index in [0.717, 1.165) is 18.7 Å². The maximum Gasteiger partial charge on any atom is 0.220 e. The lowest BCUT2D eigenvalue weighted by atomic mass is 9.85. The Morgan fingerprint density at radius 2 is 2.19 bits per heavy atom. The van der Waals surface area contributed by atoms with Crippen molar-refractivity contribution in [2.24, 2.45) is 11.8 Å². The summed E-state index contributed by atoms with van der Waals surface area (Å²) in [6, 6.07) is 7.61. The maximum absolute atomic E-state index is 12.2. The molecule has 1 aromatic rings. The Balaban J connectivity index is 1.85. The monoisotopic (exact) mass is 308 g/mol. The molecule has 0 bridgehead atoms. The second-order valence-electron chi connectivity index (χ2n) is 6.10. The fourth-order valence-corrected chi connectivity index (χ4v) is 3.33. The van der Waals surface area contributed by atoms with Gasteiger partial charge in [-0.15, -0.1) is 0 Å². The van der Waals surface area contributed by atoms with Crippen molar-refractivity contribution < 1.29 is 4.79 Å². The van der Waals surface area contributed by atoms with Crippen molar-refractivity contribution in [1.29, 1.82) is 0 Å². The molecule has 4 heteroatoms. The van der Waals surface area contributed by atoms with E-state index in [9.17, 15) is 4.79 Å². The third kappa shape index (κ3) is 4.72. The number of piperidine rings is 1. The Hall–Kier alpha value is -1.06. The lowest BCUT2D eigenvalue weighted by Gasteiger charge is -2.28. The van der Waals surface area contributed by atoms with E-state index < -0.39 is 0 Å². The van der Waals surface area contributed by atoms with Crippen LogP contribution in [-0.2, 0) is 4.79 Å². The third-order valence-corrected chi connectivity index (χ3v) is 4.74. The Bertz CT molecular complexity index is 472. The molecule has 2 unspecified atom stereocenters. The zero-order valence-corrected chi connectivity index (χ0v) is 13.6. The summed E-state index contributed by atoms with van der Waals surface area (Å²) in [5.74, 6) is 1.14.